The van der Waals surface area contributed by atoms with Crippen molar-refractivity contribution in [3.8, 4) is 11.5 Å². The maximum absolute atomic E-state index is 13.0. The van der Waals surface area contributed by atoms with Gasteiger partial charge < -0.3 is 9.47 Å². The Morgan fingerprint density at radius 3 is 2.52 bits per heavy atom. The van der Waals surface area contributed by atoms with Crippen LogP contribution in [0.25, 0.3) is 5.65 Å². The summed E-state index contributed by atoms with van der Waals surface area (Å²) in [7, 11) is 1.59. The van der Waals surface area contributed by atoms with Crippen LogP contribution in [0.2, 0.25) is 5.02 Å². The van der Waals surface area contributed by atoms with Gasteiger partial charge in [0.05, 0.1) is 24.3 Å². The zero-order chi connectivity index (χ0) is 19.4. The first-order valence-corrected chi connectivity index (χ1v) is 9.26. The van der Waals surface area contributed by atoms with Crippen LogP contribution in [0.1, 0.15) is 12.0 Å². The lowest BCUT2D eigenvalue weighted by Crippen LogP contribution is -2.07. The van der Waals surface area contributed by atoms with Gasteiger partial charge in [0.25, 0.3) is 0 Å². The molecule has 27 heavy (non-hydrogen) atoms. The van der Waals surface area contributed by atoms with Crippen LogP contribution in [0.3, 0.4) is 0 Å². The molecule has 0 N–H and O–H groups in total. The van der Waals surface area contributed by atoms with E-state index in [0.29, 0.717) is 23.9 Å². The fourth-order valence-electron chi connectivity index (χ4n) is 2.27. The van der Waals surface area contributed by atoms with Gasteiger partial charge in [-0.15, -0.1) is 10.2 Å². The van der Waals surface area contributed by atoms with E-state index in [4.69, 9.17) is 21.1 Å². The van der Waals surface area contributed by atoms with Crippen LogP contribution in [0, 0.1) is 0 Å². The average Bonchev–Trinajstić information content (AvgIpc) is 3.05. The molecule has 2 aromatic heterocycles. The minimum Gasteiger partial charge on any atom is -0.497 e. The van der Waals surface area contributed by atoms with Crippen LogP contribution in [0.5, 0.6) is 11.5 Å². The number of alkyl halides is 3. The van der Waals surface area contributed by atoms with Crippen LogP contribution in [-0.2, 0) is 6.18 Å². The SMILES string of the molecule is COc1ccc(OCCCSc2nnc3c(Cl)cc(C(F)(F)F)cn23)cc1. The molecule has 5 nitrogen and oxygen atoms in total. The van der Waals surface area contributed by atoms with Crippen LogP contribution < -0.4 is 9.47 Å². The van der Waals surface area contributed by atoms with Crippen molar-refractivity contribution in [1.29, 1.82) is 0 Å². The Labute approximate surface area is 162 Å². The number of aromatic nitrogens is 3. The number of rotatable bonds is 7. The van der Waals surface area contributed by atoms with Crippen molar-refractivity contribution >= 4 is 29.0 Å². The van der Waals surface area contributed by atoms with Crippen molar-refractivity contribution in [1.82, 2.24) is 14.6 Å². The highest BCUT2D eigenvalue weighted by Crippen LogP contribution is 2.33. The van der Waals surface area contributed by atoms with Crippen LogP contribution in [0.15, 0.2) is 41.7 Å². The molecule has 0 unspecified atom stereocenters. The predicted molar refractivity (Wildman–Crippen MR) is 96.8 cm³/mol. The lowest BCUT2D eigenvalue weighted by molar-refractivity contribution is -0.137. The Kier molecular flexibility index (Phi) is 6.01. The van der Waals surface area contributed by atoms with E-state index in [1.807, 2.05) is 0 Å². The number of methoxy groups -OCH3 is 1. The molecule has 0 amide bonds. The third-order valence-corrected chi connectivity index (χ3v) is 4.91. The topological polar surface area (TPSA) is 48.7 Å². The van der Waals surface area contributed by atoms with E-state index < -0.39 is 11.7 Å². The minimum absolute atomic E-state index is 0.0907. The fourth-order valence-corrected chi connectivity index (χ4v) is 3.34. The summed E-state index contributed by atoms with van der Waals surface area (Å²) in [4.78, 5) is 0. The van der Waals surface area contributed by atoms with Crippen LogP contribution in [-0.4, -0.2) is 34.1 Å². The van der Waals surface area contributed by atoms with E-state index >= 15 is 0 Å². The first-order valence-electron chi connectivity index (χ1n) is 7.89. The molecular formula is C17H15ClF3N3O2S. The molecule has 0 aliphatic carbocycles. The van der Waals surface area contributed by atoms with Crippen LogP contribution in [0.4, 0.5) is 13.2 Å². The van der Waals surface area contributed by atoms with Gasteiger partial charge in [-0.25, -0.2) is 0 Å². The molecule has 3 aromatic rings. The summed E-state index contributed by atoms with van der Waals surface area (Å²) in [5.41, 5.74) is -0.647. The quantitative estimate of drug-likeness (QED) is 0.401. The molecule has 0 radical (unpaired) electrons. The summed E-state index contributed by atoms with van der Waals surface area (Å²) in [5, 5.41) is 8.04. The van der Waals surface area contributed by atoms with Crippen molar-refractivity contribution in [3.05, 3.63) is 47.1 Å². The second kappa shape index (κ2) is 8.26. The third-order valence-electron chi connectivity index (χ3n) is 3.60. The number of halogens is 4. The number of fused-ring (bicyclic) bond motifs is 1. The van der Waals surface area contributed by atoms with Crippen molar-refractivity contribution in [2.45, 2.75) is 17.8 Å². The molecule has 144 valence electrons. The van der Waals surface area contributed by atoms with Crippen molar-refractivity contribution in [3.63, 3.8) is 0 Å². The van der Waals surface area contributed by atoms with Gasteiger partial charge in [0.2, 0.25) is 0 Å². The molecule has 0 bridgehead atoms. The maximum atomic E-state index is 13.0. The normalized spacial score (nSPS) is 11.7. The van der Waals surface area contributed by atoms with E-state index in [0.717, 1.165) is 23.8 Å². The van der Waals surface area contributed by atoms with Gasteiger partial charge in [0.1, 0.15) is 11.5 Å². The molecule has 0 saturated carbocycles. The van der Waals surface area contributed by atoms with Crippen LogP contribution >= 0.6 is 23.4 Å². The number of benzene rings is 1. The lowest BCUT2D eigenvalue weighted by Gasteiger charge is -2.09. The van der Waals surface area contributed by atoms with E-state index in [1.165, 1.54) is 16.2 Å². The molecule has 2 heterocycles. The highest BCUT2D eigenvalue weighted by Gasteiger charge is 2.32. The number of thioether (sulfide) groups is 1. The Bertz CT molecular complexity index is 916. The average molecular weight is 418 g/mol. The predicted octanol–water partition coefficient (Wildman–Crippen LogP) is 4.97. The number of pyridine rings is 1. The third kappa shape index (κ3) is 4.78. The summed E-state index contributed by atoms with van der Waals surface area (Å²) in [6, 6.07) is 8.06. The first-order chi connectivity index (χ1) is 12.9. The standard InChI is InChI=1S/C17H15ClF3N3O2S/c1-25-12-3-5-13(6-4-12)26-7-2-8-27-16-23-22-15-14(18)9-11(10-24(15)16)17(19,20)21/h3-6,9-10H,2,7-8H2,1H3. The number of hydrogen-bond donors (Lipinski definition) is 0. The molecule has 0 aliphatic heterocycles. The van der Waals surface area contributed by atoms with Gasteiger partial charge >= 0.3 is 6.18 Å². The second-order valence-corrected chi connectivity index (χ2v) is 6.95. The molecule has 3 rings (SSSR count). The van der Waals surface area contributed by atoms with E-state index in [1.54, 1.807) is 31.4 Å². The van der Waals surface area contributed by atoms with Gasteiger partial charge in [-0.1, -0.05) is 23.4 Å². The molecule has 0 aliphatic rings. The van der Waals surface area contributed by atoms with Gasteiger partial charge in [-0.3, -0.25) is 4.40 Å². The van der Waals surface area contributed by atoms with E-state index in [2.05, 4.69) is 10.2 Å². The van der Waals surface area contributed by atoms with Gasteiger partial charge in [-0.05, 0) is 36.8 Å². The minimum atomic E-state index is -4.49. The molecular weight excluding hydrogens is 403 g/mol. The molecule has 0 saturated heterocycles. The molecule has 10 heteroatoms. The lowest BCUT2D eigenvalue weighted by atomic mass is 10.3. The maximum Gasteiger partial charge on any atom is 0.417 e. The smallest absolute Gasteiger partial charge is 0.417 e. The number of nitrogens with zero attached hydrogens (tertiary/aromatic N) is 3. The fraction of sp³-hybridized carbons (Fsp3) is 0.294. The summed E-state index contributed by atoms with van der Waals surface area (Å²) in [6.07, 6.45) is -2.86. The molecule has 0 fully saturated rings. The summed E-state index contributed by atoms with van der Waals surface area (Å²) in [6.45, 7) is 0.463. The van der Waals surface area contributed by atoms with Gasteiger partial charge in [-0.2, -0.15) is 13.2 Å². The highest BCUT2D eigenvalue weighted by atomic mass is 35.5. The van der Waals surface area contributed by atoms with Gasteiger partial charge in [0.15, 0.2) is 10.8 Å². The monoisotopic (exact) mass is 417 g/mol. The zero-order valence-corrected chi connectivity index (χ0v) is 15.7. The summed E-state index contributed by atoms with van der Waals surface area (Å²) in [5.74, 6) is 2.06. The Morgan fingerprint density at radius 2 is 1.85 bits per heavy atom. The summed E-state index contributed by atoms with van der Waals surface area (Å²) >= 11 is 7.18. The van der Waals surface area contributed by atoms with E-state index in [9.17, 15) is 13.2 Å². The number of ether oxygens (including phenoxy) is 2. The largest absolute Gasteiger partial charge is 0.497 e. The Hall–Kier alpha value is -2.13. The number of hydrogen-bond acceptors (Lipinski definition) is 5. The Balaban J connectivity index is 1.57. The van der Waals surface area contributed by atoms with Gasteiger partial charge in [0, 0.05) is 11.9 Å². The van der Waals surface area contributed by atoms with Crippen molar-refractivity contribution in [2.75, 3.05) is 19.5 Å². The van der Waals surface area contributed by atoms with Crippen molar-refractivity contribution < 1.29 is 22.6 Å². The van der Waals surface area contributed by atoms with Crippen molar-refractivity contribution in [2.24, 2.45) is 0 Å². The highest BCUT2D eigenvalue weighted by molar-refractivity contribution is 7.99. The second-order valence-electron chi connectivity index (χ2n) is 5.48. The Morgan fingerprint density at radius 1 is 1.15 bits per heavy atom. The van der Waals surface area contributed by atoms with E-state index in [-0.39, 0.29) is 10.7 Å². The molecule has 1 aromatic carbocycles. The zero-order valence-electron chi connectivity index (χ0n) is 14.2. The summed E-state index contributed by atoms with van der Waals surface area (Å²) < 4.78 is 50.8. The first kappa shape index (κ1) is 19.6. The molecule has 0 spiro atoms. The molecule has 0 atom stereocenters.